The molecule has 0 aliphatic heterocycles. The van der Waals surface area contributed by atoms with Crippen molar-refractivity contribution in [3.05, 3.63) is 70.8 Å². The second-order valence-electron chi connectivity index (χ2n) is 6.05. The Bertz CT molecular complexity index is 662. The number of aryl methyl sites for hydroxylation is 1. The van der Waals surface area contributed by atoms with Crippen LogP contribution in [0.15, 0.2) is 48.5 Å². The third-order valence-corrected chi connectivity index (χ3v) is 4.31. The molecule has 2 unspecified atom stereocenters. The van der Waals surface area contributed by atoms with Gasteiger partial charge in [0.1, 0.15) is 5.54 Å². The van der Waals surface area contributed by atoms with Gasteiger partial charge in [-0.2, -0.15) is 0 Å². The highest BCUT2D eigenvalue weighted by Gasteiger charge is 2.31. The van der Waals surface area contributed by atoms with Gasteiger partial charge in [-0.1, -0.05) is 48.5 Å². The number of nitrogens with one attached hydrogen (secondary N) is 1. The molecule has 0 aliphatic carbocycles. The molecule has 22 heavy (non-hydrogen) atoms. The lowest BCUT2D eigenvalue weighted by atomic mass is 9.91. The van der Waals surface area contributed by atoms with Gasteiger partial charge >= 0.3 is 0 Å². The predicted octanol–water partition coefficient (Wildman–Crippen LogP) is 3.35. The first-order valence-electron chi connectivity index (χ1n) is 7.55. The molecular formula is C19H24N2O. The van der Waals surface area contributed by atoms with Gasteiger partial charge in [-0.15, -0.1) is 0 Å². The topological polar surface area (TPSA) is 55.1 Å². The highest BCUT2D eigenvalue weighted by molar-refractivity contribution is 5.87. The molecule has 0 bridgehead atoms. The van der Waals surface area contributed by atoms with E-state index in [2.05, 4.69) is 25.2 Å². The molecule has 3 nitrogen and oxygen atoms in total. The van der Waals surface area contributed by atoms with Gasteiger partial charge in [-0.05, 0) is 49.9 Å². The fourth-order valence-electron chi connectivity index (χ4n) is 2.58. The van der Waals surface area contributed by atoms with E-state index in [1.54, 1.807) is 6.92 Å². The summed E-state index contributed by atoms with van der Waals surface area (Å²) in [5, 5.41) is 3.04. The summed E-state index contributed by atoms with van der Waals surface area (Å²) in [6.07, 6.45) is 0. The van der Waals surface area contributed by atoms with Crippen molar-refractivity contribution in [1.82, 2.24) is 5.32 Å². The molecule has 0 fully saturated rings. The lowest BCUT2D eigenvalue weighted by molar-refractivity contribution is -0.126. The molecule has 2 aromatic rings. The first-order valence-corrected chi connectivity index (χ1v) is 7.55. The van der Waals surface area contributed by atoms with Gasteiger partial charge < -0.3 is 11.1 Å². The second-order valence-corrected chi connectivity index (χ2v) is 6.05. The second kappa shape index (κ2) is 6.32. The SMILES string of the molecule is Cc1cccc(C(C)NC(=O)C(C)(N)c2ccccc2)c1C. The van der Waals surface area contributed by atoms with Crippen molar-refractivity contribution in [3.63, 3.8) is 0 Å². The molecule has 0 radical (unpaired) electrons. The molecule has 0 saturated heterocycles. The van der Waals surface area contributed by atoms with Gasteiger partial charge in [-0.25, -0.2) is 0 Å². The minimum absolute atomic E-state index is 0.0843. The van der Waals surface area contributed by atoms with Crippen molar-refractivity contribution < 1.29 is 4.79 Å². The van der Waals surface area contributed by atoms with Crippen molar-refractivity contribution >= 4 is 5.91 Å². The summed E-state index contributed by atoms with van der Waals surface area (Å²) in [5.41, 5.74) is 9.57. The minimum atomic E-state index is -1.05. The third-order valence-electron chi connectivity index (χ3n) is 4.31. The summed E-state index contributed by atoms with van der Waals surface area (Å²) in [5.74, 6) is -0.174. The summed E-state index contributed by atoms with van der Waals surface area (Å²) >= 11 is 0. The molecule has 1 amide bonds. The number of benzene rings is 2. The lowest BCUT2D eigenvalue weighted by Gasteiger charge is -2.27. The van der Waals surface area contributed by atoms with E-state index in [9.17, 15) is 4.79 Å². The Balaban J connectivity index is 2.19. The Labute approximate surface area is 132 Å². The van der Waals surface area contributed by atoms with Crippen LogP contribution in [0, 0.1) is 13.8 Å². The molecule has 0 spiro atoms. The monoisotopic (exact) mass is 296 g/mol. The van der Waals surface area contributed by atoms with E-state index in [1.807, 2.05) is 49.4 Å². The fraction of sp³-hybridized carbons (Fsp3) is 0.316. The van der Waals surface area contributed by atoms with Crippen molar-refractivity contribution in [2.75, 3.05) is 0 Å². The molecular weight excluding hydrogens is 272 g/mol. The van der Waals surface area contributed by atoms with Crippen molar-refractivity contribution in [3.8, 4) is 0 Å². The van der Waals surface area contributed by atoms with Crippen LogP contribution in [-0.4, -0.2) is 5.91 Å². The first-order chi connectivity index (χ1) is 10.3. The molecule has 3 N–H and O–H groups in total. The quantitative estimate of drug-likeness (QED) is 0.909. The fourth-order valence-corrected chi connectivity index (χ4v) is 2.58. The van der Waals surface area contributed by atoms with E-state index in [0.717, 1.165) is 11.1 Å². The van der Waals surface area contributed by atoms with E-state index < -0.39 is 5.54 Å². The Morgan fingerprint density at radius 3 is 2.36 bits per heavy atom. The number of hydrogen-bond donors (Lipinski definition) is 2. The highest BCUT2D eigenvalue weighted by Crippen LogP contribution is 2.23. The summed E-state index contributed by atoms with van der Waals surface area (Å²) in [4.78, 5) is 12.6. The van der Waals surface area contributed by atoms with Crippen LogP contribution in [0.2, 0.25) is 0 Å². The van der Waals surface area contributed by atoms with Crippen LogP contribution in [-0.2, 0) is 10.3 Å². The normalized spacial score (nSPS) is 15.0. The lowest BCUT2D eigenvalue weighted by Crippen LogP contribution is -2.49. The molecule has 2 aromatic carbocycles. The van der Waals surface area contributed by atoms with Crippen molar-refractivity contribution in [2.24, 2.45) is 5.73 Å². The van der Waals surface area contributed by atoms with E-state index in [0.29, 0.717) is 0 Å². The Kier molecular flexibility index (Phi) is 4.67. The summed E-state index contributed by atoms with van der Waals surface area (Å²) in [6.45, 7) is 7.88. The zero-order valence-corrected chi connectivity index (χ0v) is 13.7. The average Bonchev–Trinajstić information content (AvgIpc) is 2.50. The van der Waals surface area contributed by atoms with Crippen LogP contribution in [0.5, 0.6) is 0 Å². The molecule has 0 heterocycles. The van der Waals surface area contributed by atoms with Crippen LogP contribution in [0.25, 0.3) is 0 Å². The maximum atomic E-state index is 12.6. The van der Waals surface area contributed by atoms with Gasteiger partial charge in [0.05, 0.1) is 6.04 Å². The van der Waals surface area contributed by atoms with Crippen LogP contribution in [0.1, 0.15) is 42.1 Å². The maximum Gasteiger partial charge on any atom is 0.244 e. The standard InChI is InChI=1S/C19H24N2O/c1-13-9-8-12-17(14(13)2)15(3)21-18(22)19(4,20)16-10-6-5-7-11-16/h5-12,15H,20H2,1-4H3,(H,21,22). The Morgan fingerprint density at radius 1 is 1.09 bits per heavy atom. The number of amides is 1. The van der Waals surface area contributed by atoms with Gasteiger partial charge in [0.15, 0.2) is 0 Å². The molecule has 2 atom stereocenters. The highest BCUT2D eigenvalue weighted by atomic mass is 16.2. The van der Waals surface area contributed by atoms with Gasteiger partial charge in [0, 0.05) is 0 Å². The van der Waals surface area contributed by atoms with Gasteiger partial charge in [0.25, 0.3) is 0 Å². The third kappa shape index (κ3) is 3.20. The average molecular weight is 296 g/mol. The van der Waals surface area contributed by atoms with Crippen molar-refractivity contribution in [1.29, 1.82) is 0 Å². The minimum Gasteiger partial charge on any atom is -0.348 e. The summed E-state index contributed by atoms with van der Waals surface area (Å²) in [6, 6.07) is 15.5. The van der Waals surface area contributed by atoms with Crippen LogP contribution in [0.3, 0.4) is 0 Å². The van der Waals surface area contributed by atoms with E-state index in [1.165, 1.54) is 11.1 Å². The number of rotatable bonds is 4. The molecule has 0 aliphatic rings. The predicted molar refractivity (Wildman–Crippen MR) is 90.5 cm³/mol. The molecule has 0 saturated carbocycles. The molecule has 116 valence electrons. The molecule has 3 heteroatoms. The van der Waals surface area contributed by atoms with Gasteiger partial charge in [0.2, 0.25) is 5.91 Å². The summed E-state index contributed by atoms with van der Waals surface area (Å²) in [7, 11) is 0. The van der Waals surface area contributed by atoms with E-state index in [-0.39, 0.29) is 11.9 Å². The Morgan fingerprint density at radius 2 is 1.73 bits per heavy atom. The molecule has 0 aromatic heterocycles. The Hall–Kier alpha value is -2.13. The van der Waals surface area contributed by atoms with E-state index >= 15 is 0 Å². The van der Waals surface area contributed by atoms with Gasteiger partial charge in [-0.3, -0.25) is 4.79 Å². The number of carbonyl (C=O) groups is 1. The zero-order valence-electron chi connectivity index (χ0n) is 13.7. The largest absolute Gasteiger partial charge is 0.348 e. The number of carbonyl (C=O) groups excluding carboxylic acids is 1. The maximum absolute atomic E-state index is 12.6. The van der Waals surface area contributed by atoms with Crippen LogP contribution < -0.4 is 11.1 Å². The number of nitrogens with two attached hydrogens (primary N) is 1. The van der Waals surface area contributed by atoms with Crippen LogP contribution in [0.4, 0.5) is 0 Å². The van der Waals surface area contributed by atoms with Crippen LogP contribution >= 0.6 is 0 Å². The first kappa shape index (κ1) is 16.2. The zero-order chi connectivity index (χ0) is 16.3. The molecule has 2 rings (SSSR count). The summed E-state index contributed by atoms with van der Waals surface area (Å²) < 4.78 is 0. The smallest absolute Gasteiger partial charge is 0.244 e. The van der Waals surface area contributed by atoms with E-state index in [4.69, 9.17) is 5.73 Å². The number of hydrogen-bond acceptors (Lipinski definition) is 2. The van der Waals surface area contributed by atoms with Crippen molar-refractivity contribution in [2.45, 2.75) is 39.3 Å².